The summed E-state index contributed by atoms with van der Waals surface area (Å²) in [4.78, 5) is 33.9. The number of hydrogen-bond acceptors (Lipinski definition) is 4. The van der Waals surface area contributed by atoms with Gasteiger partial charge in [0.15, 0.2) is 0 Å². The smallest absolute Gasteiger partial charge is 0.274 e. The quantitative estimate of drug-likeness (QED) is 0.866. The van der Waals surface area contributed by atoms with Crippen molar-refractivity contribution in [2.75, 3.05) is 38.5 Å². The normalized spacial score (nSPS) is 14.8. The molecule has 2 amide bonds. The zero-order valence-electron chi connectivity index (χ0n) is 16.9. The first-order valence-electron chi connectivity index (χ1n) is 9.90. The Bertz CT molecular complexity index is 835. The van der Waals surface area contributed by atoms with Crippen LogP contribution in [-0.4, -0.2) is 59.8 Å². The summed E-state index contributed by atoms with van der Waals surface area (Å²) < 4.78 is 0. The molecule has 2 aromatic rings. The van der Waals surface area contributed by atoms with E-state index in [1.165, 1.54) is 0 Å². The molecule has 1 aliphatic rings. The number of carbonyl (C=O) groups is 2. The van der Waals surface area contributed by atoms with E-state index in [9.17, 15) is 9.59 Å². The lowest BCUT2D eigenvalue weighted by molar-refractivity contribution is 0.0658. The van der Waals surface area contributed by atoms with Crippen molar-refractivity contribution in [3.63, 3.8) is 0 Å². The lowest BCUT2D eigenvalue weighted by Gasteiger charge is -2.32. The van der Waals surface area contributed by atoms with E-state index in [2.05, 4.69) is 29.0 Å². The minimum atomic E-state index is -0.288. The van der Waals surface area contributed by atoms with Gasteiger partial charge in [-0.3, -0.25) is 9.59 Å². The Labute approximate surface area is 166 Å². The third-order valence-electron chi connectivity index (χ3n) is 5.23. The van der Waals surface area contributed by atoms with Crippen LogP contribution < -0.4 is 5.32 Å². The minimum absolute atomic E-state index is 0.119. The first kappa shape index (κ1) is 20.0. The van der Waals surface area contributed by atoms with Gasteiger partial charge in [-0.05, 0) is 43.1 Å². The van der Waals surface area contributed by atoms with Crippen LogP contribution in [0.2, 0.25) is 0 Å². The maximum absolute atomic E-state index is 12.8. The fourth-order valence-electron chi connectivity index (χ4n) is 3.43. The monoisotopic (exact) mass is 380 g/mol. The Balaban J connectivity index is 1.79. The lowest BCUT2D eigenvalue weighted by Crippen LogP contribution is -2.47. The highest BCUT2D eigenvalue weighted by Crippen LogP contribution is 2.23. The van der Waals surface area contributed by atoms with Gasteiger partial charge in [0, 0.05) is 31.9 Å². The number of rotatable bonds is 5. The average molecular weight is 380 g/mol. The number of benzene rings is 1. The fraction of sp³-hybridized carbons (Fsp3) is 0.409. The number of carbonyl (C=O) groups excluding carboxylic acids is 2. The molecule has 6 nitrogen and oxygen atoms in total. The third kappa shape index (κ3) is 4.39. The summed E-state index contributed by atoms with van der Waals surface area (Å²) in [6.45, 7) is 7.18. The summed E-state index contributed by atoms with van der Waals surface area (Å²) in [5.41, 5.74) is 3.62. The van der Waals surface area contributed by atoms with Crippen LogP contribution in [0.3, 0.4) is 0 Å². The lowest BCUT2D eigenvalue weighted by atomic mass is 10.0. The first-order chi connectivity index (χ1) is 13.5. The van der Waals surface area contributed by atoms with Crippen molar-refractivity contribution in [2.45, 2.75) is 26.7 Å². The van der Waals surface area contributed by atoms with Gasteiger partial charge < -0.3 is 15.1 Å². The van der Waals surface area contributed by atoms with Gasteiger partial charge in [0.1, 0.15) is 11.4 Å². The Kier molecular flexibility index (Phi) is 6.41. The predicted octanol–water partition coefficient (Wildman–Crippen LogP) is 2.85. The first-order valence-corrected chi connectivity index (χ1v) is 9.90. The summed E-state index contributed by atoms with van der Waals surface area (Å²) in [7, 11) is 2.05. The highest BCUT2D eigenvalue weighted by atomic mass is 16.2. The molecule has 28 heavy (non-hydrogen) atoms. The van der Waals surface area contributed by atoms with Gasteiger partial charge in [-0.15, -0.1) is 0 Å². The molecule has 148 valence electrons. The Morgan fingerprint density at radius 2 is 1.50 bits per heavy atom. The molecule has 0 atom stereocenters. The summed E-state index contributed by atoms with van der Waals surface area (Å²) in [5.74, 6) is -0.408. The predicted molar refractivity (Wildman–Crippen MR) is 111 cm³/mol. The molecule has 1 aromatic heterocycles. The second kappa shape index (κ2) is 8.97. The maximum Gasteiger partial charge on any atom is 0.274 e. The number of pyridine rings is 1. The molecule has 3 rings (SSSR count). The van der Waals surface area contributed by atoms with Crippen molar-refractivity contribution < 1.29 is 9.59 Å². The summed E-state index contributed by atoms with van der Waals surface area (Å²) in [5, 5.41) is 3.02. The molecule has 0 spiro atoms. The van der Waals surface area contributed by atoms with E-state index in [4.69, 9.17) is 0 Å². The van der Waals surface area contributed by atoms with Crippen LogP contribution in [0.15, 0.2) is 36.4 Å². The Morgan fingerprint density at radius 3 is 2.11 bits per heavy atom. The molecular weight excluding hydrogens is 352 g/mol. The number of hydrogen-bond donors (Lipinski definition) is 1. The minimum Gasteiger partial charge on any atom is -0.335 e. The second-order valence-corrected chi connectivity index (χ2v) is 7.12. The van der Waals surface area contributed by atoms with Crippen LogP contribution in [0.5, 0.6) is 0 Å². The highest BCUT2D eigenvalue weighted by Gasteiger charge is 2.22. The van der Waals surface area contributed by atoms with Crippen molar-refractivity contribution in [1.29, 1.82) is 0 Å². The number of likely N-dealkylation sites (N-methyl/N-ethyl adjacent to an activating group) is 1. The number of amides is 2. The van der Waals surface area contributed by atoms with Gasteiger partial charge in [0.2, 0.25) is 0 Å². The van der Waals surface area contributed by atoms with Gasteiger partial charge >= 0.3 is 0 Å². The van der Waals surface area contributed by atoms with Crippen LogP contribution in [0, 0.1) is 0 Å². The van der Waals surface area contributed by atoms with Gasteiger partial charge in [0.05, 0.1) is 0 Å². The zero-order chi connectivity index (χ0) is 20.1. The van der Waals surface area contributed by atoms with Gasteiger partial charge in [-0.25, -0.2) is 4.98 Å². The highest BCUT2D eigenvalue weighted by molar-refractivity contribution is 6.04. The standard InChI is InChI=1S/C22H28N4O2/c1-4-16-8-6-9-17(5-2)20(16)24-21(27)18-10-7-11-19(23-18)22(28)26-14-12-25(3)13-15-26/h6-11H,4-5,12-15H2,1-3H3,(H,24,27). The van der Waals surface area contributed by atoms with Crippen molar-refractivity contribution in [2.24, 2.45) is 0 Å². The Hall–Kier alpha value is -2.73. The number of aryl methyl sites for hydroxylation is 2. The third-order valence-corrected chi connectivity index (χ3v) is 5.23. The second-order valence-electron chi connectivity index (χ2n) is 7.12. The van der Waals surface area contributed by atoms with Crippen LogP contribution in [0.25, 0.3) is 0 Å². The molecule has 1 saturated heterocycles. The van der Waals surface area contributed by atoms with E-state index >= 15 is 0 Å². The Morgan fingerprint density at radius 1 is 0.929 bits per heavy atom. The zero-order valence-corrected chi connectivity index (χ0v) is 16.9. The van der Waals surface area contributed by atoms with E-state index in [1.54, 1.807) is 23.1 Å². The molecule has 2 heterocycles. The van der Waals surface area contributed by atoms with Crippen molar-refractivity contribution in [3.05, 3.63) is 58.9 Å². The topological polar surface area (TPSA) is 65.5 Å². The van der Waals surface area contributed by atoms with Crippen LogP contribution >= 0.6 is 0 Å². The molecule has 1 N–H and O–H groups in total. The van der Waals surface area contributed by atoms with E-state index < -0.39 is 0 Å². The maximum atomic E-state index is 12.8. The molecule has 0 aliphatic carbocycles. The van der Waals surface area contributed by atoms with Crippen LogP contribution in [-0.2, 0) is 12.8 Å². The summed E-state index contributed by atoms with van der Waals surface area (Å²) >= 11 is 0. The number of piperazine rings is 1. The molecule has 1 fully saturated rings. The van der Waals surface area contributed by atoms with E-state index in [0.29, 0.717) is 18.8 Å². The number of anilines is 1. The molecule has 0 radical (unpaired) electrons. The molecule has 0 saturated carbocycles. The van der Waals surface area contributed by atoms with E-state index in [-0.39, 0.29) is 17.5 Å². The molecular formula is C22H28N4O2. The largest absolute Gasteiger partial charge is 0.335 e. The van der Waals surface area contributed by atoms with Gasteiger partial charge in [-0.2, -0.15) is 0 Å². The number of nitrogens with one attached hydrogen (secondary N) is 1. The number of nitrogens with zero attached hydrogens (tertiary/aromatic N) is 3. The van der Waals surface area contributed by atoms with Crippen molar-refractivity contribution in [3.8, 4) is 0 Å². The SMILES string of the molecule is CCc1cccc(CC)c1NC(=O)c1cccc(C(=O)N2CCN(C)CC2)n1. The van der Waals surface area contributed by atoms with E-state index in [1.807, 2.05) is 25.2 Å². The fourth-order valence-corrected chi connectivity index (χ4v) is 3.43. The molecule has 0 unspecified atom stereocenters. The summed E-state index contributed by atoms with van der Waals surface area (Å²) in [6.07, 6.45) is 1.66. The number of aromatic nitrogens is 1. The van der Waals surface area contributed by atoms with Crippen LogP contribution in [0.4, 0.5) is 5.69 Å². The van der Waals surface area contributed by atoms with Gasteiger partial charge in [0.25, 0.3) is 11.8 Å². The van der Waals surface area contributed by atoms with Crippen molar-refractivity contribution in [1.82, 2.24) is 14.8 Å². The average Bonchev–Trinajstić information content (AvgIpc) is 2.74. The summed E-state index contributed by atoms with van der Waals surface area (Å²) in [6, 6.07) is 11.1. The van der Waals surface area contributed by atoms with Crippen molar-refractivity contribution >= 4 is 17.5 Å². The molecule has 1 aliphatic heterocycles. The van der Waals surface area contributed by atoms with Gasteiger partial charge in [-0.1, -0.05) is 38.1 Å². The molecule has 1 aromatic carbocycles. The molecule has 6 heteroatoms. The molecule has 0 bridgehead atoms. The van der Waals surface area contributed by atoms with E-state index in [0.717, 1.165) is 42.7 Å². The number of para-hydroxylation sites is 1. The van der Waals surface area contributed by atoms with Crippen LogP contribution in [0.1, 0.15) is 46.0 Å².